The summed E-state index contributed by atoms with van der Waals surface area (Å²) in [6.45, 7) is 4.05. The van der Waals surface area contributed by atoms with Gasteiger partial charge >= 0.3 is 0 Å². The summed E-state index contributed by atoms with van der Waals surface area (Å²) >= 11 is 0. The lowest BCUT2D eigenvalue weighted by molar-refractivity contribution is 0.490. The first-order valence-corrected chi connectivity index (χ1v) is 5.23. The molecule has 0 aromatic heterocycles. The predicted molar refractivity (Wildman–Crippen MR) is 55.9 cm³/mol. The molecule has 0 spiro atoms. The zero-order valence-electron chi connectivity index (χ0n) is 7.89. The van der Waals surface area contributed by atoms with Gasteiger partial charge in [0.25, 0.3) is 0 Å². The van der Waals surface area contributed by atoms with E-state index in [0.717, 1.165) is 11.9 Å². The lowest BCUT2D eigenvalue weighted by Crippen LogP contribution is -2.17. The Morgan fingerprint density at radius 1 is 1.42 bits per heavy atom. The van der Waals surface area contributed by atoms with Gasteiger partial charge in [-0.05, 0) is 19.9 Å². The van der Waals surface area contributed by atoms with Crippen molar-refractivity contribution in [1.82, 2.24) is 4.90 Å². The minimum atomic E-state index is 0.660. The Balaban J connectivity index is 4.24. The first-order valence-electron chi connectivity index (χ1n) is 3.81. The second-order valence-electron chi connectivity index (χ2n) is 2.60. The molecular formula is C8H14N2Si2. The summed E-state index contributed by atoms with van der Waals surface area (Å²) in [6.07, 6.45) is 3.55. The summed E-state index contributed by atoms with van der Waals surface area (Å²) in [6, 6.07) is 0. The van der Waals surface area contributed by atoms with Crippen molar-refractivity contribution in [2.24, 2.45) is 4.99 Å². The van der Waals surface area contributed by atoms with Gasteiger partial charge in [-0.2, -0.15) is 0 Å². The molecule has 6 radical (unpaired) electrons. The van der Waals surface area contributed by atoms with E-state index in [1.54, 1.807) is 0 Å². The molecule has 12 heavy (non-hydrogen) atoms. The summed E-state index contributed by atoms with van der Waals surface area (Å²) in [5.41, 5.74) is 2.24. The van der Waals surface area contributed by atoms with Crippen molar-refractivity contribution in [3.05, 3.63) is 11.8 Å². The largest absolute Gasteiger partial charge is 0.382 e. The summed E-state index contributed by atoms with van der Waals surface area (Å²) in [4.78, 5) is 6.29. The van der Waals surface area contributed by atoms with Crippen LogP contribution in [0.25, 0.3) is 0 Å². The van der Waals surface area contributed by atoms with E-state index in [4.69, 9.17) is 0 Å². The van der Waals surface area contributed by atoms with Gasteiger partial charge in [0.1, 0.15) is 0 Å². The van der Waals surface area contributed by atoms with Gasteiger partial charge in [-0.1, -0.05) is 0 Å². The van der Waals surface area contributed by atoms with E-state index in [0.29, 0.717) is 6.17 Å². The molecule has 0 unspecified atom stereocenters. The SMILES string of the molecule is C/C(=C/C(C)=N/C[Si])N(C)C[Si]. The van der Waals surface area contributed by atoms with Crippen LogP contribution in [-0.4, -0.2) is 50.5 Å². The number of rotatable bonds is 4. The Labute approximate surface area is 81.6 Å². The van der Waals surface area contributed by atoms with Gasteiger partial charge in [-0.3, -0.25) is 4.99 Å². The average molecular weight is 194 g/mol. The van der Waals surface area contributed by atoms with Crippen LogP contribution in [0.3, 0.4) is 0 Å². The summed E-state index contributed by atoms with van der Waals surface area (Å²) in [5.74, 6) is 0. The summed E-state index contributed by atoms with van der Waals surface area (Å²) < 4.78 is 0. The number of allylic oxidation sites excluding steroid dienone is 2. The van der Waals surface area contributed by atoms with E-state index in [-0.39, 0.29) is 0 Å². The lowest BCUT2D eigenvalue weighted by atomic mass is 10.3. The van der Waals surface area contributed by atoms with Crippen molar-refractivity contribution < 1.29 is 0 Å². The smallest absolute Gasteiger partial charge is 0.0542 e. The Morgan fingerprint density at radius 2 is 2.00 bits per heavy atom. The fourth-order valence-corrected chi connectivity index (χ4v) is 1.21. The maximum Gasteiger partial charge on any atom is 0.0542 e. The Bertz CT molecular complexity index is 187. The molecule has 4 heteroatoms. The Morgan fingerprint density at radius 3 is 2.42 bits per heavy atom. The maximum atomic E-state index is 4.19. The first-order chi connectivity index (χ1) is 5.61. The van der Waals surface area contributed by atoms with Crippen LogP contribution >= 0.6 is 0 Å². The molecule has 2 nitrogen and oxygen atoms in total. The van der Waals surface area contributed by atoms with E-state index in [9.17, 15) is 0 Å². The molecule has 0 atom stereocenters. The number of hydrogen-bond donors (Lipinski definition) is 0. The zero-order valence-corrected chi connectivity index (χ0v) is 9.89. The highest BCUT2D eigenvalue weighted by atomic mass is 28.1. The van der Waals surface area contributed by atoms with Crippen LogP contribution < -0.4 is 0 Å². The number of nitrogens with zero attached hydrogens (tertiary/aromatic N) is 2. The lowest BCUT2D eigenvalue weighted by Gasteiger charge is -2.16. The molecular weight excluding hydrogens is 180 g/mol. The Kier molecular flexibility index (Phi) is 6.01. The standard InChI is InChI=1S/C8H14N2Si2/c1-7(9-5-11)4-8(2)10(3)6-12/h4H,5-6H2,1-3H3/b8-4-,9-7+. The molecule has 0 N–H and O–H groups in total. The van der Waals surface area contributed by atoms with E-state index in [1.165, 1.54) is 5.70 Å². The van der Waals surface area contributed by atoms with Gasteiger partial charge in [-0.25, -0.2) is 0 Å². The molecule has 0 aliphatic rings. The van der Waals surface area contributed by atoms with Crippen molar-refractivity contribution in [2.45, 2.75) is 13.8 Å². The first kappa shape index (κ1) is 11.6. The normalized spacial score (nSPS) is 13.4. The number of aliphatic imine (C=N–C) groups is 1. The van der Waals surface area contributed by atoms with Crippen LogP contribution in [0.15, 0.2) is 16.8 Å². The zero-order chi connectivity index (χ0) is 9.56. The molecule has 0 rings (SSSR count). The van der Waals surface area contributed by atoms with Gasteiger partial charge in [-0.15, -0.1) is 0 Å². The quantitative estimate of drug-likeness (QED) is 0.471. The second kappa shape index (κ2) is 6.19. The van der Waals surface area contributed by atoms with Crippen LogP contribution in [0.2, 0.25) is 0 Å². The van der Waals surface area contributed by atoms with Crippen LogP contribution in [0.4, 0.5) is 0 Å². The molecule has 0 aliphatic carbocycles. The van der Waals surface area contributed by atoms with E-state index < -0.39 is 0 Å². The van der Waals surface area contributed by atoms with Crippen LogP contribution in [0.5, 0.6) is 0 Å². The molecule has 64 valence electrons. The van der Waals surface area contributed by atoms with Gasteiger partial charge in [0.05, 0.1) is 20.5 Å². The van der Waals surface area contributed by atoms with Crippen LogP contribution in [-0.2, 0) is 0 Å². The van der Waals surface area contributed by atoms with Gasteiger partial charge < -0.3 is 4.90 Å². The highest BCUT2D eigenvalue weighted by Crippen LogP contribution is 1.98. The van der Waals surface area contributed by atoms with Gasteiger partial charge in [0.2, 0.25) is 0 Å². The summed E-state index contributed by atoms with van der Waals surface area (Å²) in [7, 11) is 8.75. The second-order valence-corrected chi connectivity index (χ2v) is 3.23. The third-order valence-electron chi connectivity index (χ3n) is 1.59. The van der Waals surface area contributed by atoms with E-state index in [1.807, 2.05) is 14.0 Å². The van der Waals surface area contributed by atoms with Crippen LogP contribution in [0, 0.1) is 0 Å². The predicted octanol–water partition coefficient (Wildman–Crippen LogP) is 0.535. The van der Waals surface area contributed by atoms with E-state index >= 15 is 0 Å². The van der Waals surface area contributed by atoms with Crippen molar-refractivity contribution in [2.75, 3.05) is 19.4 Å². The van der Waals surface area contributed by atoms with Gasteiger partial charge in [0, 0.05) is 30.8 Å². The van der Waals surface area contributed by atoms with Crippen molar-refractivity contribution in [3.8, 4) is 0 Å². The average Bonchev–Trinajstić information content (AvgIpc) is 2.03. The van der Waals surface area contributed by atoms with Crippen molar-refractivity contribution >= 4 is 26.2 Å². The molecule has 0 aromatic carbocycles. The molecule has 0 bridgehead atoms. The van der Waals surface area contributed by atoms with E-state index in [2.05, 4.69) is 43.4 Å². The highest BCUT2D eigenvalue weighted by Gasteiger charge is 1.94. The molecule has 0 amide bonds. The maximum absolute atomic E-state index is 4.19. The molecule has 0 aromatic rings. The van der Waals surface area contributed by atoms with Crippen LogP contribution in [0.1, 0.15) is 13.8 Å². The highest BCUT2D eigenvalue weighted by molar-refractivity contribution is 6.10. The monoisotopic (exact) mass is 194 g/mol. The van der Waals surface area contributed by atoms with Crippen molar-refractivity contribution in [3.63, 3.8) is 0 Å². The van der Waals surface area contributed by atoms with Crippen molar-refractivity contribution in [1.29, 1.82) is 0 Å². The summed E-state index contributed by atoms with van der Waals surface area (Å²) in [5, 5.41) is 0. The minimum absolute atomic E-state index is 0.660. The van der Waals surface area contributed by atoms with Gasteiger partial charge in [0.15, 0.2) is 0 Å². The number of hydrogen-bond acceptors (Lipinski definition) is 2. The fraction of sp³-hybridized carbons (Fsp3) is 0.625. The molecule has 0 heterocycles. The topological polar surface area (TPSA) is 15.6 Å². The molecule has 0 fully saturated rings. The third-order valence-corrected chi connectivity index (χ3v) is 2.22. The minimum Gasteiger partial charge on any atom is -0.382 e. The fourth-order valence-electron chi connectivity index (χ4n) is 0.708. The third kappa shape index (κ3) is 4.51. The molecule has 0 aliphatic heterocycles. The molecule has 0 saturated heterocycles. The molecule has 0 saturated carbocycles. The Hall–Kier alpha value is -0.356.